The number of allylic oxidation sites excluding steroid dienone is 2. The second kappa shape index (κ2) is 4.64. The summed E-state index contributed by atoms with van der Waals surface area (Å²) in [7, 11) is 0. The lowest BCUT2D eigenvalue weighted by molar-refractivity contribution is -0.111. The van der Waals surface area contributed by atoms with Crippen molar-refractivity contribution in [3.05, 3.63) is 23.8 Å². The van der Waals surface area contributed by atoms with Crippen molar-refractivity contribution in [1.29, 1.82) is 5.26 Å². The van der Waals surface area contributed by atoms with Crippen molar-refractivity contribution in [2.24, 2.45) is 34.5 Å². The maximum absolute atomic E-state index is 12.0. The van der Waals surface area contributed by atoms with E-state index in [2.05, 4.69) is 19.9 Å². The molecular formula is C21H25NO3. The van der Waals surface area contributed by atoms with Gasteiger partial charge in [0.25, 0.3) is 0 Å². The van der Waals surface area contributed by atoms with Gasteiger partial charge >= 0.3 is 0 Å². The summed E-state index contributed by atoms with van der Waals surface area (Å²) in [5.41, 5.74) is 0.528. The van der Waals surface area contributed by atoms with E-state index in [9.17, 15) is 15.2 Å². The molecule has 0 amide bonds. The molecule has 1 saturated heterocycles. The summed E-state index contributed by atoms with van der Waals surface area (Å²) in [5.74, 6) is 0.966. The van der Waals surface area contributed by atoms with E-state index in [1.165, 1.54) is 0 Å². The molecular weight excluding hydrogens is 314 g/mol. The lowest BCUT2D eigenvalue weighted by Crippen LogP contribution is -2.58. The van der Waals surface area contributed by atoms with Crippen LogP contribution >= 0.6 is 0 Å². The molecule has 5 aliphatic rings. The Balaban J connectivity index is 1.63. The molecule has 132 valence electrons. The maximum Gasteiger partial charge on any atom is 0.178 e. The lowest BCUT2D eigenvalue weighted by atomic mass is 9.46. The van der Waals surface area contributed by atoms with Gasteiger partial charge in [-0.3, -0.25) is 4.79 Å². The van der Waals surface area contributed by atoms with Gasteiger partial charge in [0.1, 0.15) is 5.60 Å². The zero-order chi connectivity index (χ0) is 17.6. The van der Waals surface area contributed by atoms with Crippen LogP contribution in [0.2, 0.25) is 0 Å². The van der Waals surface area contributed by atoms with E-state index in [-0.39, 0.29) is 46.8 Å². The predicted octanol–water partition coefficient (Wildman–Crippen LogP) is 2.78. The molecule has 0 radical (unpaired) electrons. The number of aliphatic hydroxyl groups is 1. The Morgan fingerprint density at radius 3 is 2.88 bits per heavy atom. The molecule has 4 nitrogen and oxygen atoms in total. The Morgan fingerprint density at radius 2 is 2.16 bits per heavy atom. The highest BCUT2D eigenvalue weighted by Crippen LogP contribution is 2.75. The van der Waals surface area contributed by atoms with Gasteiger partial charge in [0.05, 0.1) is 18.1 Å². The van der Waals surface area contributed by atoms with Gasteiger partial charge in [0, 0.05) is 17.9 Å². The number of nitrogens with zero attached hydrogens (tertiary/aromatic N) is 1. The molecule has 5 rings (SSSR count). The van der Waals surface area contributed by atoms with Gasteiger partial charge in [0.2, 0.25) is 0 Å². The number of aliphatic hydroxyl groups excluding tert-OH is 1. The fourth-order valence-corrected chi connectivity index (χ4v) is 7.23. The molecule has 3 saturated carbocycles. The number of hydrogen-bond acceptors (Lipinski definition) is 4. The summed E-state index contributed by atoms with van der Waals surface area (Å²) >= 11 is 0. The van der Waals surface area contributed by atoms with Gasteiger partial charge in [0.15, 0.2) is 5.78 Å². The molecule has 0 aromatic rings. The average molecular weight is 339 g/mol. The summed E-state index contributed by atoms with van der Waals surface area (Å²) in [6.45, 7) is 4.55. The van der Waals surface area contributed by atoms with Crippen molar-refractivity contribution in [3.63, 3.8) is 0 Å². The molecule has 25 heavy (non-hydrogen) atoms. The van der Waals surface area contributed by atoms with E-state index in [1.807, 2.05) is 6.08 Å². The number of fused-ring (bicyclic) bond motifs is 3. The molecule has 1 heterocycles. The van der Waals surface area contributed by atoms with Crippen molar-refractivity contribution in [1.82, 2.24) is 0 Å². The molecule has 1 N–H and O–H groups in total. The first kappa shape index (κ1) is 15.8. The summed E-state index contributed by atoms with van der Waals surface area (Å²) in [5, 5.41) is 19.7. The summed E-state index contributed by atoms with van der Waals surface area (Å²) in [6, 6.07) is 2.56. The van der Waals surface area contributed by atoms with Crippen molar-refractivity contribution in [2.75, 3.05) is 6.61 Å². The molecule has 0 aromatic heterocycles. The van der Waals surface area contributed by atoms with E-state index >= 15 is 0 Å². The average Bonchev–Trinajstić information content (AvgIpc) is 3.21. The van der Waals surface area contributed by atoms with Crippen molar-refractivity contribution < 1.29 is 14.6 Å². The van der Waals surface area contributed by atoms with Crippen molar-refractivity contribution in [2.45, 2.75) is 51.2 Å². The highest BCUT2D eigenvalue weighted by Gasteiger charge is 2.79. The SMILES string of the molecule is C[C@]12C[C@@H]3O[C@]34[C@@H](C[C@H](CO)C3=CC(=O)C=C[C@@]34C)[C@@H]1CC[C@@H]2C#N. The molecule has 1 aliphatic heterocycles. The third kappa shape index (κ3) is 1.63. The zero-order valence-corrected chi connectivity index (χ0v) is 14.9. The Kier molecular flexibility index (Phi) is 2.93. The number of epoxide rings is 1. The predicted molar refractivity (Wildman–Crippen MR) is 91.2 cm³/mol. The summed E-state index contributed by atoms with van der Waals surface area (Å²) < 4.78 is 6.47. The summed E-state index contributed by atoms with van der Waals surface area (Å²) in [6.07, 6.45) is 9.49. The first-order valence-corrected chi connectivity index (χ1v) is 9.54. The molecule has 0 bridgehead atoms. The highest BCUT2D eigenvalue weighted by atomic mass is 16.6. The number of carbonyl (C=O) groups excluding carboxylic acids is 1. The smallest absolute Gasteiger partial charge is 0.178 e. The first-order valence-electron chi connectivity index (χ1n) is 9.54. The minimum atomic E-state index is -0.312. The van der Waals surface area contributed by atoms with E-state index in [1.54, 1.807) is 12.2 Å². The number of ketones is 1. The van der Waals surface area contributed by atoms with Crippen molar-refractivity contribution in [3.8, 4) is 6.07 Å². The topological polar surface area (TPSA) is 73.6 Å². The Labute approximate surface area is 148 Å². The van der Waals surface area contributed by atoms with Crippen LogP contribution in [0.5, 0.6) is 0 Å². The Hall–Kier alpha value is -1.44. The first-order chi connectivity index (χ1) is 11.9. The monoisotopic (exact) mass is 339 g/mol. The number of nitriles is 1. The zero-order valence-electron chi connectivity index (χ0n) is 14.9. The van der Waals surface area contributed by atoms with E-state index in [0.29, 0.717) is 11.8 Å². The number of carbonyl (C=O) groups is 1. The number of rotatable bonds is 1. The van der Waals surface area contributed by atoms with E-state index in [4.69, 9.17) is 4.74 Å². The van der Waals surface area contributed by atoms with Gasteiger partial charge in [-0.05, 0) is 67.6 Å². The number of ether oxygens (including phenoxy) is 1. The van der Waals surface area contributed by atoms with Crippen LogP contribution in [0.1, 0.15) is 39.5 Å². The normalized spacial score (nSPS) is 55.4. The highest BCUT2D eigenvalue weighted by molar-refractivity contribution is 6.01. The minimum absolute atomic E-state index is 0.0165. The molecule has 0 aromatic carbocycles. The van der Waals surface area contributed by atoms with Gasteiger partial charge in [-0.15, -0.1) is 0 Å². The van der Waals surface area contributed by atoms with Crippen LogP contribution in [0.15, 0.2) is 23.8 Å². The summed E-state index contributed by atoms with van der Waals surface area (Å²) in [4.78, 5) is 12.0. The molecule has 4 aliphatic carbocycles. The van der Waals surface area contributed by atoms with Crippen LogP contribution in [0, 0.1) is 45.8 Å². The Morgan fingerprint density at radius 1 is 1.36 bits per heavy atom. The second-order valence-corrected chi connectivity index (χ2v) is 9.23. The fraction of sp³-hybridized carbons (Fsp3) is 0.714. The van der Waals surface area contributed by atoms with Gasteiger partial charge in [-0.2, -0.15) is 5.26 Å². The van der Waals surface area contributed by atoms with Crippen LogP contribution in [0.4, 0.5) is 0 Å². The largest absolute Gasteiger partial charge is 0.396 e. The van der Waals surface area contributed by atoms with E-state index < -0.39 is 0 Å². The standard InChI is InChI=1S/C21H25NO3/c1-19-9-18-21(25-18)17(15(19)4-3-13(19)10-22)7-12(11-23)16-8-14(24)5-6-20(16,21)2/h5-6,8,12-13,15,17-18,23H,3-4,7,9,11H2,1-2H3/t12-,13-,15+,17+,18+,19-,20+,21-/m1/s1. The van der Waals surface area contributed by atoms with Gasteiger partial charge < -0.3 is 9.84 Å². The van der Waals surface area contributed by atoms with Gasteiger partial charge in [-0.25, -0.2) is 0 Å². The third-order valence-corrected chi connectivity index (χ3v) is 8.47. The van der Waals surface area contributed by atoms with Crippen LogP contribution < -0.4 is 0 Å². The molecule has 0 unspecified atom stereocenters. The Bertz CT molecular complexity index is 764. The van der Waals surface area contributed by atoms with Crippen molar-refractivity contribution >= 4 is 5.78 Å². The molecule has 1 spiro atoms. The minimum Gasteiger partial charge on any atom is -0.396 e. The van der Waals surface area contributed by atoms with Gasteiger partial charge in [-0.1, -0.05) is 13.0 Å². The van der Waals surface area contributed by atoms with Crippen LogP contribution in [-0.2, 0) is 9.53 Å². The number of hydrogen-bond donors (Lipinski definition) is 1. The maximum atomic E-state index is 12.0. The quantitative estimate of drug-likeness (QED) is 0.746. The third-order valence-electron chi connectivity index (χ3n) is 8.47. The lowest BCUT2D eigenvalue weighted by Gasteiger charge is -2.56. The van der Waals surface area contributed by atoms with Crippen LogP contribution in [0.25, 0.3) is 0 Å². The fourth-order valence-electron chi connectivity index (χ4n) is 7.23. The molecule has 8 atom stereocenters. The molecule has 4 heteroatoms. The molecule has 4 fully saturated rings. The second-order valence-electron chi connectivity index (χ2n) is 9.23. The van der Waals surface area contributed by atoms with E-state index in [0.717, 1.165) is 31.3 Å². The van der Waals surface area contributed by atoms with Crippen LogP contribution in [0.3, 0.4) is 0 Å². The van der Waals surface area contributed by atoms with Crippen LogP contribution in [-0.4, -0.2) is 29.2 Å².